The van der Waals surface area contributed by atoms with E-state index < -0.39 is 88.9 Å². The standard InChI is InChI=1S/C50H88N10O11.C11H17NO5/c1-5-9-13-25-51-44(65)31-55-42(63)23-20-37(48(69)57-33-46(67)53-27-15-11-7-3)30-40(62)21-19-38(35-60-29-17-18-39(60)36-61)49(70)59-41(50(71)58-34-47(68)54-28-16-12-8-4)22-24-43(64)56-32-45(66)52-26-14-10-6-2;13-7-9-2-1-5-12(9)6-8(11(16)17)3-4-10(14)15/h36-39,41H,5-35H2,1-4H3,(H,51,65)(H,52,66)(H,53,67)(H,54,68)(H,55,63)(H,56,64)(H,57,69)(H,58,71)(H,59,70);7-9H,1-6H2,(H,14,15)(H,16,17)/t37?,38?,39-,41?;8?,9-/m00/s1. The van der Waals surface area contributed by atoms with Crippen molar-refractivity contribution in [2.45, 2.75) is 206 Å². The highest BCUT2D eigenvalue weighted by Gasteiger charge is 2.34. The van der Waals surface area contributed by atoms with Crippen molar-refractivity contribution < 1.29 is 77.3 Å². The molecule has 11 N–H and O–H groups in total. The molecule has 0 radical (unpaired) electrons. The topological polar surface area (TPSA) is 394 Å². The molecule has 6 atom stereocenters. The summed E-state index contributed by atoms with van der Waals surface area (Å²) in [7, 11) is 0. The fourth-order valence-electron chi connectivity index (χ4n) is 9.90. The average Bonchev–Trinajstić information content (AvgIpc) is 4.38. The summed E-state index contributed by atoms with van der Waals surface area (Å²) in [6.45, 7) is 10.2. The molecule has 9 amide bonds. The fraction of sp³-hybridized carbons (Fsp3) is 0.770. The van der Waals surface area contributed by atoms with E-state index in [1.54, 1.807) is 0 Å². The van der Waals surface area contributed by atoms with Crippen molar-refractivity contribution in [1.82, 2.24) is 57.7 Å². The Balaban J connectivity index is 0.00000194. The van der Waals surface area contributed by atoms with E-state index >= 15 is 0 Å². The normalized spacial score (nSPS) is 16.0. The number of hydrogen-bond donors (Lipinski definition) is 11. The number of carboxylic acids is 2. The zero-order valence-electron chi connectivity index (χ0n) is 52.8. The van der Waals surface area contributed by atoms with Crippen molar-refractivity contribution in [3.05, 3.63) is 0 Å². The van der Waals surface area contributed by atoms with Crippen molar-refractivity contribution in [3.8, 4) is 0 Å². The van der Waals surface area contributed by atoms with Crippen LogP contribution in [-0.2, 0) is 67.1 Å². The second kappa shape index (κ2) is 49.0. The van der Waals surface area contributed by atoms with E-state index in [4.69, 9.17) is 10.2 Å². The van der Waals surface area contributed by atoms with Gasteiger partial charge in [0.25, 0.3) is 0 Å². The van der Waals surface area contributed by atoms with Gasteiger partial charge in [-0.3, -0.25) is 67.3 Å². The summed E-state index contributed by atoms with van der Waals surface area (Å²) in [4.78, 5) is 178. The lowest BCUT2D eigenvalue weighted by Crippen LogP contribution is -2.52. The number of hydrogen-bond acceptors (Lipinski definition) is 16. The molecule has 2 rings (SSSR count). The largest absolute Gasteiger partial charge is 0.481 e. The van der Waals surface area contributed by atoms with Crippen LogP contribution in [0.15, 0.2) is 0 Å². The average molecular weight is 1250 g/mol. The van der Waals surface area contributed by atoms with E-state index in [0.717, 1.165) is 102 Å². The highest BCUT2D eigenvalue weighted by atomic mass is 16.4. The number of nitrogens with zero attached hydrogens (tertiary/aromatic N) is 2. The maximum Gasteiger partial charge on any atom is 0.307 e. The zero-order chi connectivity index (χ0) is 65.5. The SMILES string of the molecule is CCCCCNC(=O)CNC(=O)CCC(CC(=O)CCC(CN1CCC[C@H]1C=O)C(=O)NC(CCC(=O)NCC(=O)NCCCCC)C(=O)NCC(=O)NCCCCC)C(=O)NCC(=O)NCCCCC.O=C[C@@H]1CCCN1CC(CCC(=O)O)C(=O)O. The lowest BCUT2D eigenvalue weighted by atomic mass is 9.91. The first-order chi connectivity index (χ1) is 42.2. The molecule has 27 nitrogen and oxygen atoms in total. The van der Waals surface area contributed by atoms with Gasteiger partial charge in [0.05, 0.1) is 50.1 Å². The molecule has 2 saturated heterocycles. The molecule has 0 aromatic carbocycles. The summed E-state index contributed by atoms with van der Waals surface area (Å²) in [6, 6.07) is -1.99. The molecule has 88 heavy (non-hydrogen) atoms. The number of carbonyl (C=O) groups is 14. The summed E-state index contributed by atoms with van der Waals surface area (Å²) in [6.07, 6.45) is 13.9. The molecular formula is C61H105N11O16. The van der Waals surface area contributed by atoms with Gasteiger partial charge >= 0.3 is 11.9 Å². The minimum Gasteiger partial charge on any atom is -0.481 e. The van der Waals surface area contributed by atoms with Crippen molar-refractivity contribution in [2.24, 2.45) is 17.8 Å². The minimum atomic E-state index is -1.31. The van der Waals surface area contributed by atoms with Crippen molar-refractivity contribution in [3.63, 3.8) is 0 Å². The van der Waals surface area contributed by atoms with Gasteiger partial charge in [0.1, 0.15) is 24.4 Å². The summed E-state index contributed by atoms with van der Waals surface area (Å²) < 4.78 is 0. The summed E-state index contributed by atoms with van der Waals surface area (Å²) in [5.74, 6) is -9.75. The Kier molecular flexibility index (Phi) is 44.1. The van der Waals surface area contributed by atoms with E-state index in [0.29, 0.717) is 52.1 Å². The van der Waals surface area contributed by atoms with Crippen LogP contribution in [0, 0.1) is 17.8 Å². The van der Waals surface area contributed by atoms with Crippen molar-refractivity contribution >= 4 is 83.5 Å². The lowest BCUT2D eigenvalue weighted by Gasteiger charge is -2.27. The first-order valence-corrected chi connectivity index (χ1v) is 32.0. The van der Waals surface area contributed by atoms with Crippen LogP contribution in [0.3, 0.4) is 0 Å². The molecule has 0 aromatic rings. The number of Topliss-reactive ketones (excluding diaryl/α,β-unsaturated/α-hetero) is 1. The van der Waals surface area contributed by atoms with E-state index in [-0.39, 0.29) is 115 Å². The van der Waals surface area contributed by atoms with E-state index in [1.807, 2.05) is 37.5 Å². The third-order valence-corrected chi connectivity index (χ3v) is 15.3. The van der Waals surface area contributed by atoms with Crippen molar-refractivity contribution in [2.75, 3.05) is 78.5 Å². The zero-order valence-corrected chi connectivity index (χ0v) is 52.8. The quantitative estimate of drug-likeness (QED) is 0.0304. The van der Waals surface area contributed by atoms with Crippen LogP contribution in [0.5, 0.6) is 0 Å². The van der Waals surface area contributed by atoms with E-state index in [9.17, 15) is 67.1 Å². The number of carboxylic acid groups (broad SMARTS) is 2. The van der Waals surface area contributed by atoms with Crippen molar-refractivity contribution in [1.29, 1.82) is 0 Å². The first kappa shape index (κ1) is 79.1. The maximum atomic E-state index is 14.2. The van der Waals surface area contributed by atoms with Crippen LogP contribution in [0.25, 0.3) is 0 Å². The Morgan fingerprint density at radius 3 is 1.23 bits per heavy atom. The van der Waals surface area contributed by atoms with Gasteiger partial charge < -0.3 is 67.7 Å². The predicted molar refractivity (Wildman–Crippen MR) is 328 cm³/mol. The molecule has 500 valence electrons. The monoisotopic (exact) mass is 1250 g/mol. The number of carbonyl (C=O) groups excluding carboxylic acids is 12. The minimum absolute atomic E-state index is 0.0501. The lowest BCUT2D eigenvalue weighted by molar-refractivity contribution is -0.144. The first-order valence-electron chi connectivity index (χ1n) is 32.0. The highest BCUT2D eigenvalue weighted by molar-refractivity contribution is 5.93. The van der Waals surface area contributed by atoms with Gasteiger partial charge in [0.2, 0.25) is 53.2 Å². The van der Waals surface area contributed by atoms with Crippen LogP contribution in [0.1, 0.15) is 188 Å². The van der Waals surface area contributed by atoms with Crippen LogP contribution < -0.4 is 47.9 Å². The number of likely N-dealkylation sites (tertiary alicyclic amines) is 2. The summed E-state index contributed by atoms with van der Waals surface area (Å²) >= 11 is 0. The van der Waals surface area contributed by atoms with Gasteiger partial charge in [-0.2, -0.15) is 0 Å². The number of rotatable bonds is 49. The number of ketones is 1. The fourth-order valence-corrected chi connectivity index (χ4v) is 9.90. The summed E-state index contributed by atoms with van der Waals surface area (Å²) in [5.41, 5.74) is 0. The predicted octanol–water partition coefficient (Wildman–Crippen LogP) is 1.57. The van der Waals surface area contributed by atoms with Gasteiger partial charge in [0, 0.05) is 77.3 Å². The van der Waals surface area contributed by atoms with E-state index in [2.05, 4.69) is 47.9 Å². The maximum absolute atomic E-state index is 14.2. The molecule has 27 heteroatoms. The highest BCUT2D eigenvalue weighted by Crippen LogP contribution is 2.23. The van der Waals surface area contributed by atoms with Crippen LogP contribution >= 0.6 is 0 Å². The molecule has 0 bridgehead atoms. The van der Waals surface area contributed by atoms with Gasteiger partial charge in [-0.15, -0.1) is 0 Å². The molecule has 2 fully saturated rings. The van der Waals surface area contributed by atoms with Gasteiger partial charge in [0.15, 0.2) is 0 Å². The molecule has 2 aliphatic rings. The molecule has 0 saturated carbocycles. The van der Waals surface area contributed by atoms with Gasteiger partial charge in [-0.05, 0) is 90.1 Å². The van der Waals surface area contributed by atoms with Crippen LogP contribution in [0.4, 0.5) is 0 Å². The molecule has 0 aromatic heterocycles. The third-order valence-electron chi connectivity index (χ3n) is 15.3. The number of nitrogens with one attached hydrogen (secondary N) is 9. The van der Waals surface area contributed by atoms with Crippen LogP contribution in [0.2, 0.25) is 0 Å². The number of aliphatic carboxylic acids is 2. The number of aldehydes is 2. The number of unbranched alkanes of at least 4 members (excludes halogenated alkanes) is 8. The summed E-state index contributed by atoms with van der Waals surface area (Å²) in [5, 5.41) is 41.4. The van der Waals surface area contributed by atoms with Gasteiger partial charge in [-0.1, -0.05) is 79.1 Å². The Morgan fingerprint density at radius 1 is 0.432 bits per heavy atom. The van der Waals surface area contributed by atoms with Gasteiger partial charge in [-0.25, -0.2) is 0 Å². The molecule has 4 unspecified atom stereocenters. The Bertz CT molecular complexity index is 2190. The third kappa shape index (κ3) is 37.7. The molecule has 0 spiro atoms. The second-order valence-corrected chi connectivity index (χ2v) is 22.7. The number of amides is 9. The van der Waals surface area contributed by atoms with Crippen LogP contribution in [-0.4, -0.2) is 200 Å². The molecule has 2 heterocycles. The second-order valence-electron chi connectivity index (χ2n) is 22.7. The Labute approximate surface area is 519 Å². The molecular weight excluding hydrogens is 1140 g/mol. The molecule has 2 aliphatic heterocycles. The van der Waals surface area contributed by atoms with E-state index in [1.165, 1.54) is 0 Å². The smallest absolute Gasteiger partial charge is 0.307 e. The Morgan fingerprint density at radius 2 is 0.818 bits per heavy atom. The molecule has 0 aliphatic carbocycles. The Hall–Kier alpha value is -6.90.